The van der Waals surface area contributed by atoms with Crippen molar-refractivity contribution in [1.82, 2.24) is 14.8 Å². The molecule has 0 saturated heterocycles. The predicted molar refractivity (Wildman–Crippen MR) is 97.9 cm³/mol. The molecule has 24 heavy (non-hydrogen) atoms. The first-order valence-corrected chi connectivity index (χ1v) is 8.82. The fraction of sp³-hybridized carbons (Fsp3) is 0.235. The highest BCUT2D eigenvalue weighted by Crippen LogP contribution is 2.27. The Morgan fingerprint density at radius 1 is 1.29 bits per heavy atom. The third-order valence-corrected chi connectivity index (χ3v) is 4.85. The number of nitrogens with one attached hydrogen (secondary N) is 1. The molecule has 0 aliphatic heterocycles. The number of anilines is 1. The van der Waals surface area contributed by atoms with E-state index >= 15 is 0 Å². The molecule has 1 aromatic carbocycles. The monoisotopic (exact) mass is 360 g/mol. The van der Waals surface area contributed by atoms with Crippen LogP contribution < -0.4 is 5.32 Å². The third kappa shape index (κ3) is 3.20. The number of hydrogen-bond donors (Lipinski definition) is 1. The number of hydrogen-bond acceptors (Lipinski definition) is 4. The second kappa shape index (κ2) is 6.75. The zero-order valence-electron chi connectivity index (χ0n) is 13.6. The van der Waals surface area contributed by atoms with E-state index in [2.05, 4.69) is 15.4 Å². The number of thiazole rings is 1. The van der Waals surface area contributed by atoms with Gasteiger partial charge in [0.1, 0.15) is 5.69 Å². The molecular weight excluding hydrogens is 344 g/mol. The molecule has 1 N–H and O–H groups in total. The number of amides is 1. The van der Waals surface area contributed by atoms with E-state index < -0.39 is 0 Å². The number of rotatable bonds is 4. The average Bonchev–Trinajstić information content (AvgIpc) is 3.13. The van der Waals surface area contributed by atoms with E-state index in [9.17, 15) is 4.79 Å². The zero-order chi connectivity index (χ0) is 17.3. The van der Waals surface area contributed by atoms with Crippen LogP contribution in [0.2, 0.25) is 5.02 Å². The summed E-state index contributed by atoms with van der Waals surface area (Å²) in [6.45, 7) is 6.31. The number of benzene rings is 1. The molecule has 0 saturated carbocycles. The van der Waals surface area contributed by atoms with Crippen LogP contribution in [0.4, 0.5) is 5.13 Å². The molecular formula is C17H17ClN4OS. The summed E-state index contributed by atoms with van der Waals surface area (Å²) in [5.41, 5.74) is 4.05. The van der Waals surface area contributed by atoms with Crippen molar-refractivity contribution in [3.8, 4) is 11.3 Å². The van der Waals surface area contributed by atoms with Crippen LogP contribution >= 0.6 is 22.9 Å². The van der Waals surface area contributed by atoms with Gasteiger partial charge in [-0.2, -0.15) is 5.10 Å². The number of carbonyl (C=O) groups excluding carboxylic acids is 1. The van der Waals surface area contributed by atoms with Crippen LogP contribution in [0, 0.1) is 13.8 Å². The lowest BCUT2D eigenvalue weighted by Gasteiger charge is -2.04. The Labute approximate surface area is 149 Å². The first-order valence-electron chi connectivity index (χ1n) is 7.56. The van der Waals surface area contributed by atoms with Gasteiger partial charge in [0.05, 0.1) is 16.4 Å². The Morgan fingerprint density at radius 2 is 2.00 bits per heavy atom. The van der Waals surface area contributed by atoms with Gasteiger partial charge in [0.15, 0.2) is 5.13 Å². The Kier molecular flexibility index (Phi) is 4.69. The second-order valence-corrected chi connectivity index (χ2v) is 6.66. The maximum Gasteiger partial charge on any atom is 0.277 e. The SMILES string of the molecule is CCn1nc(C)c(Cl)c1C(=O)Nc1nc(-c2ccc(C)cc2)cs1. The van der Waals surface area contributed by atoms with Gasteiger partial charge in [-0.1, -0.05) is 41.4 Å². The first kappa shape index (κ1) is 16.7. The van der Waals surface area contributed by atoms with Gasteiger partial charge in [0.2, 0.25) is 0 Å². The molecule has 0 bridgehead atoms. The van der Waals surface area contributed by atoms with Crippen molar-refractivity contribution in [2.24, 2.45) is 0 Å². The smallest absolute Gasteiger partial charge is 0.277 e. The molecule has 0 unspecified atom stereocenters. The van der Waals surface area contributed by atoms with Crippen molar-refractivity contribution in [2.75, 3.05) is 5.32 Å². The number of aryl methyl sites for hydroxylation is 3. The first-order chi connectivity index (χ1) is 11.5. The molecule has 0 fully saturated rings. The van der Waals surface area contributed by atoms with Crippen molar-refractivity contribution in [2.45, 2.75) is 27.3 Å². The Bertz CT molecular complexity index is 883. The van der Waals surface area contributed by atoms with Gasteiger partial charge in [0, 0.05) is 17.5 Å². The van der Waals surface area contributed by atoms with E-state index in [1.165, 1.54) is 16.9 Å². The maximum absolute atomic E-state index is 12.5. The van der Waals surface area contributed by atoms with Crippen LogP contribution in [0.5, 0.6) is 0 Å². The maximum atomic E-state index is 12.5. The zero-order valence-corrected chi connectivity index (χ0v) is 15.2. The molecule has 1 amide bonds. The summed E-state index contributed by atoms with van der Waals surface area (Å²) >= 11 is 7.59. The normalized spacial score (nSPS) is 10.8. The van der Waals surface area contributed by atoms with E-state index in [0.717, 1.165) is 11.3 Å². The number of carbonyl (C=O) groups is 1. The Balaban J connectivity index is 1.82. The highest BCUT2D eigenvalue weighted by atomic mass is 35.5. The summed E-state index contributed by atoms with van der Waals surface area (Å²) in [4.78, 5) is 17.0. The molecule has 0 aliphatic rings. The lowest BCUT2D eigenvalue weighted by Crippen LogP contribution is -2.17. The molecule has 0 spiro atoms. The number of nitrogens with zero attached hydrogens (tertiary/aromatic N) is 3. The third-order valence-electron chi connectivity index (χ3n) is 3.64. The summed E-state index contributed by atoms with van der Waals surface area (Å²) < 4.78 is 1.60. The minimum Gasteiger partial charge on any atom is -0.296 e. The standard InChI is InChI=1S/C17H17ClN4OS/c1-4-22-15(14(18)11(3)21-22)16(23)20-17-19-13(9-24-17)12-7-5-10(2)6-8-12/h5-9H,4H2,1-3H3,(H,19,20,23). The molecule has 5 nitrogen and oxygen atoms in total. The van der Waals surface area contributed by atoms with Crippen LogP contribution in [0.25, 0.3) is 11.3 Å². The summed E-state index contributed by atoms with van der Waals surface area (Å²) in [5, 5.41) is 9.91. The molecule has 0 radical (unpaired) electrons. The van der Waals surface area contributed by atoms with Gasteiger partial charge in [0.25, 0.3) is 5.91 Å². The Hall–Kier alpha value is -2.18. The van der Waals surface area contributed by atoms with Crippen LogP contribution in [-0.4, -0.2) is 20.7 Å². The van der Waals surface area contributed by atoms with Crippen molar-refractivity contribution < 1.29 is 4.79 Å². The summed E-state index contributed by atoms with van der Waals surface area (Å²) in [6, 6.07) is 8.11. The van der Waals surface area contributed by atoms with E-state index in [1.54, 1.807) is 11.6 Å². The van der Waals surface area contributed by atoms with E-state index in [4.69, 9.17) is 11.6 Å². The fourth-order valence-electron chi connectivity index (χ4n) is 2.35. The second-order valence-electron chi connectivity index (χ2n) is 5.42. The van der Waals surface area contributed by atoms with Gasteiger partial charge in [-0.05, 0) is 20.8 Å². The fourth-order valence-corrected chi connectivity index (χ4v) is 3.29. The summed E-state index contributed by atoms with van der Waals surface area (Å²) in [6.07, 6.45) is 0. The van der Waals surface area contributed by atoms with E-state index in [1.807, 2.05) is 43.5 Å². The summed E-state index contributed by atoms with van der Waals surface area (Å²) in [5.74, 6) is -0.299. The molecule has 3 rings (SSSR count). The Morgan fingerprint density at radius 3 is 2.67 bits per heavy atom. The topological polar surface area (TPSA) is 59.8 Å². The van der Waals surface area contributed by atoms with Gasteiger partial charge < -0.3 is 0 Å². The van der Waals surface area contributed by atoms with Gasteiger partial charge >= 0.3 is 0 Å². The van der Waals surface area contributed by atoms with Crippen LogP contribution in [-0.2, 0) is 6.54 Å². The minimum atomic E-state index is -0.299. The molecule has 2 aromatic heterocycles. The highest BCUT2D eigenvalue weighted by Gasteiger charge is 2.20. The van der Waals surface area contributed by atoms with E-state index in [0.29, 0.717) is 28.1 Å². The van der Waals surface area contributed by atoms with Gasteiger partial charge in [-0.15, -0.1) is 11.3 Å². The quantitative estimate of drug-likeness (QED) is 0.742. The lowest BCUT2D eigenvalue weighted by molar-refractivity contribution is 0.101. The van der Waals surface area contributed by atoms with Crippen molar-refractivity contribution in [3.63, 3.8) is 0 Å². The van der Waals surface area contributed by atoms with Crippen LogP contribution in [0.15, 0.2) is 29.6 Å². The number of halogens is 1. The number of aromatic nitrogens is 3. The van der Waals surface area contributed by atoms with Crippen molar-refractivity contribution >= 4 is 34.0 Å². The molecule has 0 atom stereocenters. The lowest BCUT2D eigenvalue weighted by atomic mass is 10.1. The largest absolute Gasteiger partial charge is 0.296 e. The highest BCUT2D eigenvalue weighted by molar-refractivity contribution is 7.14. The van der Waals surface area contributed by atoms with E-state index in [-0.39, 0.29) is 5.91 Å². The van der Waals surface area contributed by atoms with Crippen molar-refractivity contribution in [1.29, 1.82) is 0 Å². The minimum absolute atomic E-state index is 0.299. The molecule has 7 heteroatoms. The molecule has 2 heterocycles. The molecule has 3 aromatic rings. The predicted octanol–water partition coefficient (Wildman–Crippen LogP) is 4.55. The van der Waals surface area contributed by atoms with Gasteiger partial charge in [-0.25, -0.2) is 4.98 Å². The van der Waals surface area contributed by atoms with Crippen molar-refractivity contribution in [3.05, 3.63) is 51.6 Å². The average molecular weight is 361 g/mol. The van der Waals surface area contributed by atoms with Crippen LogP contribution in [0.3, 0.4) is 0 Å². The summed E-state index contributed by atoms with van der Waals surface area (Å²) in [7, 11) is 0. The molecule has 124 valence electrons. The van der Waals surface area contributed by atoms with Crippen LogP contribution in [0.1, 0.15) is 28.7 Å². The van der Waals surface area contributed by atoms with Gasteiger partial charge in [-0.3, -0.25) is 14.8 Å². The molecule has 0 aliphatic carbocycles.